The van der Waals surface area contributed by atoms with Crippen LogP contribution in [0.4, 0.5) is 4.79 Å². The molecule has 0 aliphatic carbocycles. The molecule has 0 aromatic carbocycles. The Kier molecular flexibility index (Phi) is 8.54. The number of alkyl halides is 1. The number of hydrogen-bond donors (Lipinski definition) is 1. The van der Waals surface area contributed by atoms with Crippen LogP contribution in [0.25, 0.3) is 0 Å². The van der Waals surface area contributed by atoms with Crippen LogP contribution in [-0.4, -0.2) is 29.4 Å². The van der Waals surface area contributed by atoms with Gasteiger partial charge in [0.2, 0.25) is 0 Å². The van der Waals surface area contributed by atoms with Crippen molar-refractivity contribution in [3.05, 3.63) is 12.7 Å². The molecule has 0 aromatic heterocycles. The predicted molar refractivity (Wildman–Crippen MR) is 82.1 cm³/mol. The molecule has 5 heteroatoms. The molecular weight excluding hydrogens is 278 g/mol. The molecule has 0 unspecified atom stereocenters. The standard InChI is InChI=1S/C15H26ClNO3/c1-6-7-8-11(2)9-12(13(18)10-16)17-14(19)20-15(3,4)5/h6,11-12H,1,7-10H2,2-5H3,(H,17,19)/t11-,12+/m1/s1. The summed E-state index contributed by atoms with van der Waals surface area (Å²) in [5.41, 5.74) is -0.590. The van der Waals surface area contributed by atoms with Crippen LogP contribution >= 0.6 is 11.6 Å². The van der Waals surface area contributed by atoms with Crippen LogP contribution in [-0.2, 0) is 9.53 Å². The van der Waals surface area contributed by atoms with Crippen molar-refractivity contribution in [1.29, 1.82) is 0 Å². The maximum Gasteiger partial charge on any atom is 0.408 e. The van der Waals surface area contributed by atoms with E-state index in [2.05, 4.69) is 11.9 Å². The lowest BCUT2D eigenvalue weighted by Crippen LogP contribution is -2.44. The molecule has 0 aromatic rings. The number of alkyl carbamates (subject to hydrolysis) is 1. The minimum absolute atomic E-state index is 0.116. The summed E-state index contributed by atoms with van der Waals surface area (Å²) in [5.74, 6) is -0.0163. The van der Waals surface area contributed by atoms with E-state index >= 15 is 0 Å². The third-order valence-corrected chi connectivity index (χ3v) is 2.98. The van der Waals surface area contributed by atoms with Gasteiger partial charge in [0, 0.05) is 0 Å². The lowest BCUT2D eigenvalue weighted by atomic mass is 9.95. The Bertz CT molecular complexity index is 337. The lowest BCUT2D eigenvalue weighted by Gasteiger charge is -2.24. The highest BCUT2D eigenvalue weighted by Crippen LogP contribution is 2.15. The molecule has 0 spiro atoms. The molecule has 0 aliphatic rings. The van der Waals surface area contributed by atoms with Crippen LogP contribution in [0.2, 0.25) is 0 Å². The van der Waals surface area contributed by atoms with Gasteiger partial charge in [0.1, 0.15) is 5.60 Å². The second kappa shape index (κ2) is 9.01. The quantitative estimate of drug-likeness (QED) is 0.550. The van der Waals surface area contributed by atoms with Crippen LogP contribution in [0.15, 0.2) is 12.7 Å². The summed E-state index contributed by atoms with van der Waals surface area (Å²) in [6, 6.07) is -0.595. The van der Waals surface area contributed by atoms with Gasteiger partial charge in [-0.25, -0.2) is 4.79 Å². The fraction of sp³-hybridized carbons (Fsp3) is 0.733. The number of rotatable bonds is 8. The third-order valence-electron chi connectivity index (χ3n) is 2.71. The summed E-state index contributed by atoms with van der Waals surface area (Å²) >= 11 is 5.59. The Morgan fingerprint density at radius 2 is 2.00 bits per heavy atom. The van der Waals surface area contributed by atoms with Crippen LogP contribution in [0, 0.1) is 5.92 Å². The van der Waals surface area contributed by atoms with Crippen LogP contribution in [0.1, 0.15) is 47.0 Å². The topological polar surface area (TPSA) is 55.4 Å². The van der Waals surface area contributed by atoms with Gasteiger partial charge in [0.15, 0.2) is 5.78 Å². The Morgan fingerprint density at radius 1 is 1.40 bits per heavy atom. The molecule has 2 atom stereocenters. The van der Waals surface area contributed by atoms with Gasteiger partial charge >= 0.3 is 6.09 Å². The molecule has 20 heavy (non-hydrogen) atoms. The zero-order chi connectivity index (χ0) is 15.8. The van der Waals surface area contributed by atoms with Crippen molar-refractivity contribution in [3.8, 4) is 0 Å². The molecule has 1 amide bonds. The summed E-state index contributed by atoms with van der Waals surface area (Å²) in [6.07, 6.45) is 3.62. The molecule has 0 heterocycles. The van der Waals surface area contributed by atoms with E-state index in [0.29, 0.717) is 12.3 Å². The Balaban J connectivity index is 4.53. The Hall–Kier alpha value is -1.03. The number of Topliss-reactive ketones (excluding diaryl/α,β-unsaturated/α-hetero) is 1. The van der Waals surface area contributed by atoms with Gasteiger partial charge in [0.25, 0.3) is 0 Å². The van der Waals surface area contributed by atoms with E-state index in [0.717, 1.165) is 12.8 Å². The molecular formula is C15H26ClNO3. The molecule has 0 radical (unpaired) electrons. The van der Waals surface area contributed by atoms with Gasteiger partial charge in [-0.15, -0.1) is 18.2 Å². The summed E-state index contributed by atoms with van der Waals surface area (Å²) < 4.78 is 5.16. The summed E-state index contributed by atoms with van der Waals surface area (Å²) in [4.78, 5) is 23.5. The third kappa shape index (κ3) is 8.97. The first-order valence-corrected chi connectivity index (χ1v) is 7.42. The second-order valence-corrected chi connectivity index (χ2v) is 6.27. The molecule has 0 rings (SSSR count). The van der Waals surface area contributed by atoms with E-state index in [9.17, 15) is 9.59 Å². The number of allylic oxidation sites excluding steroid dienone is 1. The highest BCUT2D eigenvalue weighted by Gasteiger charge is 2.25. The van der Waals surface area contributed by atoms with Crippen molar-refractivity contribution >= 4 is 23.5 Å². The summed E-state index contributed by atoms with van der Waals surface area (Å²) in [6.45, 7) is 11.0. The first-order valence-electron chi connectivity index (χ1n) is 6.88. The lowest BCUT2D eigenvalue weighted by molar-refractivity contribution is -0.119. The molecule has 0 fully saturated rings. The maximum atomic E-state index is 11.8. The fourth-order valence-electron chi connectivity index (χ4n) is 1.74. The van der Waals surface area contributed by atoms with Crippen molar-refractivity contribution in [1.82, 2.24) is 5.32 Å². The van der Waals surface area contributed by atoms with E-state index in [4.69, 9.17) is 16.3 Å². The second-order valence-electron chi connectivity index (χ2n) is 6.01. The Labute approximate surface area is 126 Å². The average molecular weight is 304 g/mol. The first-order chi connectivity index (χ1) is 9.19. The molecule has 0 saturated heterocycles. The number of carbonyl (C=O) groups is 2. The monoisotopic (exact) mass is 303 g/mol. The van der Waals surface area contributed by atoms with E-state index < -0.39 is 17.7 Å². The largest absolute Gasteiger partial charge is 0.444 e. The van der Waals surface area contributed by atoms with Gasteiger partial charge in [0.05, 0.1) is 11.9 Å². The van der Waals surface area contributed by atoms with Crippen molar-refractivity contribution in [2.24, 2.45) is 5.92 Å². The van der Waals surface area contributed by atoms with Gasteiger partial charge in [-0.05, 0) is 46.0 Å². The number of ether oxygens (including phenoxy) is 1. The van der Waals surface area contributed by atoms with Crippen LogP contribution in [0.3, 0.4) is 0 Å². The zero-order valence-electron chi connectivity index (χ0n) is 12.9. The van der Waals surface area contributed by atoms with E-state index in [1.54, 1.807) is 20.8 Å². The zero-order valence-corrected chi connectivity index (χ0v) is 13.6. The minimum atomic E-state index is -0.595. The van der Waals surface area contributed by atoms with Crippen LogP contribution < -0.4 is 5.32 Å². The van der Waals surface area contributed by atoms with Crippen molar-refractivity contribution in [3.63, 3.8) is 0 Å². The first kappa shape index (κ1) is 19.0. The Morgan fingerprint density at radius 3 is 2.45 bits per heavy atom. The van der Waals surface area contributed by atoms with Gasteiger partial charge in [-0.2, -0.15) is 0 Å². The average Bonchev–Trinajstić information content (AvgIpc) is 2.32. The van der Waals surface area contributed by atoms with Gasteiger partial charge in [-0.1, -0.05) is 13.0 Å². The van der Waals surface area contributed by atoms with Gasteiger partial charge in [-0.3, -0.25) is 4.79 Å². The predicted octanol–water partition coefficient (Wildman–Crippen LogP) is 3.68. The number of ketones is 1. The number of halogens is 1. The van der Waals surface area contributed by atoms with Crippen molar-refractivity contribution in [2.45, 2.75) is 58.6 Å². The van der Waals surface area contributed by atoms with Crippen LogP contribution in [0.5, 0.6) is 0 Å². The molecule has 0 aliphatic heterocycles. The molecule has 1 N–H and O–H groups in total. The van der Waals surface area contributed by atoms with E-state index in [1.165, 1.54) is 0 Å². The normalized spacial score (nSPS) is 14.2. The highest BCUT2D eigenvalue weighted by molar-refractivity contribution is 6.28. The molecule has 0 bridgehead atoms. The minimum Gasteiger partial charge on any atom is -0.444 e. The van der Waals surface area contributed by atoms with Gasteiger partial charge < -0.3 is 10.1 Å². The van der Waals surface area contributed by atoms with Crippen molar-refractivity contribution in [2.75, 3.05) is 5.88 Å². The molecule has 0 saturated carbocycles. The maximum absolute atomic E-state index is 11.8. The SMILES string of the molecule is C=CCC[C@@H](C)C[C@H](NC(=O)OC(C)(C)C)C(=O)CCl. The smallest absolute Gasteiger partial charge is 0.408 e. The van der Waals surface area contributed by atoms with E-state index in [1.807, 2.05) is 13.0 Å². The number of amides is 1. The molecule has 116 valence electrons. The highest BCUT2D eigenvalue weighted by atomic mass is 35.5. The fourth-order valence-corrected chi connectivity index (χ4v) is 1.92. The summed E-state index contributed by atoms with van der Waals surface area (Å²) in [7, 11) is 0. The van der Waals surface area contributed by atoms with Crippen molar-refractivity contribution < 1.29 is 14.3 Å². The van der Waals surface area contributed by atoms with E-state index in [-0.39, 0.29) is 11.7 Å². The number of nitrogens with one attached hydrogen (secondary N) is 1. The number of hydrogen-bond acceptors (Lipinski definition) is 3. The number of carbonyl (C=O) groups excluding carboxylic acids is 2. The summed E-state index contributed by atoms with van der Waals surface area (Å²) in [5, 5.41) is 2.61. The molecule has 4 nitrogen and oxygen atoms in total.